The van der Waals surface area contributed by atoms with Gasteiger partial charge in [-0.3, -0.25) is 4.99 Å². The zero-order valence-electron chi connectivity index (χ0n) is 33.4. The minimum Gasteiger partial charge on any atom is -0.345 e. The molecule has 5 aromatic rings. The molecule has 0 saturated carbocycles. The largest absolute Gasteiger partial charge is 0.345 e. The number of amidine groups is 1. The number of hydrogen-bond acceptors (Lipinski definition) is 2. The molecule has 6 aliphatic rings. The zero-order valence-corrected chi connectivity index (χ0v) is 33.4. The average molecular weight is 741 g/mol. The molecular formula is C55H52N2. The number of rotatable bonds is 5. The third-order valence-corrected chi connectivity index (χ3v) is 14.4. The van der Waals surface area contributed by atoms with Crippen LogP contribution in [0.5, 0.6) is 0 Å². The Morgan fingerprint density at radius 2 is 1.47 bits per heavy atom. The third-order valence-electron chi connectivity index (χ3n) is 14.4. The summed E-state index contributed by atoms with van der Waals surface area (Å²) in [5, 5.41) is 8.01. The van der Waals surface area contributed by atoms with Crippen LogP contribution in [0.2, 0.25) is 0 Å². The highest BCUT2D eigenvalue weighted by Crippen LogP contribution is 2.48. The van der Waals surface area contributed by atoms with Crippen molar-refractivity contribution in [3.8, 4) is 11.1 Å². The number of benzene rings is 5. The second-order valence-electron chi connectivity index (χ2n) is 17.7. The quantitative estimate of drug-likeness (QED) is 0.129. The molecular weight excluding hydrogens is 689 g/mol. The Bertz CT molecular complexity index is 2710. The van der Waals surface area contributed by atoms with Gasteiger partial charge < -0.3 is 4.90 Å². The molecule has 6 atom stereocenters. The molecule has 0 saturated heterocycles. The van der Waals surface area contributed by atoms with Crippen molar-refractivity contribution >= 4 is 43.7 Å². The first-order valence-corrected chi connectivity index (χ1v) is 21.7. The Hall–Kier alpha value is -5.47. The van der Waals surface area contributed by atoms with Crippen molar-refractivity contribution in [3.63, 3.8) is 0 Å². The second-order valence-corrected chi connectivity index (χ2v) is 17.7. The highest BCUT2D eigenvalue weighted by atomic mass is 15.3. The van der Waals surface area contributed by atoms with Gasteiger partial charge in [-0.15, -0.1) is 0 Å². The molecule has 282 valence electrons. The highest BCUT2D eigenvalue weighted by Gasteiger charge is 2.50. The van der Waals surface area contributed by atoms with Crippen LogP contribution in [0.25, 0.3) is 49.0 Å². The third kappa shape index (κ3) is 5.78. The maximum Gasteiger partial charge on any atom is 0.108 e. The highest BCUT2D eigenvalue weighted by molar-refractivity contribution is 6.19. The molecule has 0 bridgehead atoms. The van der Waals surface area contributed by atoms with E-state index in [2.05, 4.69) is 171 Å². The summed E-state index contributed by atoms with van der Waals surface area (Å²) in [5.74, 6) is 2.52. The maximum atomic E-state index is 5.53. The van der Waals surface area contributed by atoms with Gasteiger partial charge in [-0.2, -0.15) is 0 Å². The van der Waals surface area contributed by atoms with Gasteiger partial charge in [0.2, 0.25) is 0 Å². The molecule has 57 heavy (non-hydrogen) atoms. The fourth-order valence-corrected chi connectivity index (χ4v) is 11.3. The fourth-order valence-electron chi connectivity index (χ4n) is 11.3. The summed E-state index contributed by atoms with van der Waals surface area (Å²) in [6.45, 7) is 4.82. The van der Waals surface area contributed by atoms with Crippen molar-refractivity contribution in [2.24, 2.45) is 16.8 Å². The van der Waals surface area contributed by atoms with E-state index in [-0.39, 0.29) is 11.6 Å². The van der Waals surface area contributed by atoms with E-state index in [0.717, 1.165) is 32.1 Å². The van der Waals surface area contributed by atoms with Crippen molar-refractivity contribution in [2.75, 3.05) is 0 Å². The van der Waals surface area contributed by atoms with Gasteiger partial charge >= 0.3 is 0 Å². The van der Waals surface area contributed by atoms with Crippen molar-refractivity contribution < 1.29 is 0 Å². The predicted octanol–water partition coefficient (Wildman–Crippen LogP) is 14.0. The molecule has 1 heterocycles. The van der Waals surface area contributed by atoms with E-state index in [1.165, 1.54) is 90.8 Å². The topological polar surface area (TPSA) is 15.6 Å². The molecule has 0 spiro atoms. The standard InChI is InChI=1S/C55H52N2/c1-36-13-3-10-20-50(36)57-54(56-51-21-11-12-32-55(51,57)2)40-26-22-39(23-27-40)43-30-31-48-49(35-43)53(45-29-25-38-15-5-7-17-42(38)34-45)47-19-9-8-18-46(47)52(48)44-28-24-37-14-4-6-16-41(37)33-44/h3-4,6-9,11-14,16-19,21-22,24,26,28,30-36,39-40,50-51H,5,10,15,20,23,25,27,29H2,1-2H3. The number of hydrogen-bond donors (Lipinski definition) is 0. The first kappa shape index (κ1) is 34.8. The summed E-state index contributed by atoms with van der Waals surface area (Å²) < 4.78 is 0. The number of fused-ring (bicyclic) bond motifs is 4. The summed E-state index contributed by atoms with van der Waals surface area (Å²) in [7, 11) is 0. The Morgan fingerprint density at radius 3 is 2.33 bits per heavy atom. The van der Waals surface area contributed by atoms with E-state index in [4.69, 9.17) is 4.99 Å². The van der Waals surface area contributed by atoms with E-state index >= 15 is 0 Å². The second kappa shape index (κ2) is 13.9. The summed E-state index contributed by atoms with van der Waals surface area (Å²) in [5.41, 5.74) is 9.94. The molecule has 0 radical (unpaired) electrons. The number of allylic oxidation sites excluding steroid dienone is 10. The zero-order chi connectivity index (χ0) is 38.1. The Kier molecular flexibility index (Phi) is 8.46. The fraction of sp³-hybridized carbons (Fsp3) is 0.291. The molecule has 5 aliphatic carbocycles. The van der Waals surface area contributed by atoms with Crippen LogP contribution in [-0.2, 0) is 0 Å². The molecule has 2 heteroatoms. The lowest BCUT2D eigenvalue weighted by Crippen LogP contribution is -2.57. The van der Waals surface area contributed by atoms with Crippen LogP contribution in [0.15, 0.2) is 168 Å². The summed E-state index contributed by atoms with van der Waals surface area (Å²) in [4.78, 5) is 8.28. The molecule has 2 nitrogen and oxygen atoms in total. The number of nitrogens with zero attached hydrogens (tertiary/aromatic N) is 2. The SMILES string of the molecule is CC1C=CCCC1N1C(C2C=CC(c3ccc4c(-c5ccc6ccccc6c5)c5ccccc5c(C5=CC6=C(CCC=C6)CC5)c4c3)CC2)=NC2C=CC=CC21C. The molecule has 5 aromatic carbocycles. The van der Waals surface area contributed by atoms with Crippen LogP contribution < -0.4 is 0 Å². The average Bonchev–Trinajstić information content (AvgIpc) is 3.57. The van der Waals surface area contributed by atoms with E-state index in [1.54, 1.807) is 5.57 Å². The molecule has 6 unspecified atom stereocenters. The monoisotopic (exact) mass is 740 g/mol. The Labute approximate surface area is 338 Å². The Morgan fingerprint density at radius 1 is 0.667 bits per heavy atom. The van der Waals surface area contributed by atoms with E-state index in [0.29, 0.717) is 23.8 Å². The van der Waals surface area contributed by atoms with Crippen molar-refractivity contribution in [1.29, 1.82) is 0 Å². The van der Waals surface area contributed by atoms with Gasteiger partial charge in [-0.25, -0.2) is 0 Å². The lowest BCUT2D eigenvalue weighted by molar-refractivity contribution is 0.148. The molecule has 1 aliphatic heterocycles. The van der Waals surface area contributed by atoms with Gasteiger partial charge in [0.15, 0.2) is 0 Å². The minimum absolute atomic E-state index is 0.100. The van der Waals surface area contributed by atoms with Crippen molar-refractivity contribution in [1.82, 2.24) is 4.90 Å². The van der Waals surface area contributed by atoms with Crippen LogP contribution in [0.4, 0.5) is 0 Å². The van der Waals surface area contributed by atoms with Gasteiger partial charge in [0.05, 0.1) is 11.6 Å². The molecule has 0 aromatic heterocycles. The van der Waals surface area contributed by atoms with Crippen LogP contribution in [0.1, 0.15) is 82.3 Å². The number of aliphatic imine (C=N–C) groups is 1. The van der Waals surface area contributed by atoms with Gasteiger partial charge in [0, 0.05) is 17.9 Å². The van der Waals surface area contributed by atoms with Gasteiger partial charge in [-0.05, 0) is 142 Å². The van der Waals surface area contributed by atoms with Gasteiger partial charge in [-0.1, -0.05) is 152 Å². The molecule has 11 rings (SSSR count). The molecule has 0 fully saturated rings. The van der Waals surface area contributed by atoms with E-state index in [1.807, 2.05) is 0 Å². The lowest BCUT2D eigenvalue weighted by atomic mass is 9.78. The molecule has 0 amide bonds. The van der Waals surface area contributed by atoms with Crippen LogP contribution in [0, 0.1) is 11.8 Å². The van der Waals surface area contributed by atoms with Crippen molar-refractivity contribution in [2.45, 2.75) is 88.8 Å². The van der Waals surface area contributed by atoms with Crippen LogP contribution >= 0.6 is 0 Å². The summed E-state index contributed by atoms with van der Waals surface area (Å²) in [6, 6.07) is 33.2. The maximum absolute atomic E-state index is 5.53. The smallest absolute Gasteiger partial charge is 0.108 e. The minimum atomic E-state index is -0.100. The normalized spacial score (nSPS) is 28.0. The first-order chi connectivity index (χ1) is 28.0. The van der Waals surface area contributed by atoms with Crippen LogP contribution in [-0.4, -0.2) is 28.4 Å². The summed E-state index contributed by atoms with van der Waals surface area (Å²) in [6.07, 6.45) is 35.5. The lowest BCUT2D eigenvalue weighted by Gasteiger charge is -2.47. The van der Waals surface area contributed by atoms with E-state index in [9.17, 15) is 0 Å². The van der Waals surface area contributed by atoms with Crippen LogP contribution in [0.3, 0.4) is 0 Å². The Balaban J connectivity index is 1.03. The van der Waals surface area contributed by atoms with Crippen molar-refractivity contribution in [3.05, 3.63) is 174 Å². The van der Waals surface area contributed by atoms with Gasteiger partial charge in [0.25, 0.3) is 0 Å². The van der Waals surface area contributed by atoms with E-state index < -0.39 is 0 Å². The summed E-state index contributed by atoms with van der Waals surface area (Å²) >= 11 is 0. The molecule has 0 N–H and O–H groups in total. The first-order valence-electron chi connectivity index (χ1n) is 21.7. The van der Waals surface area contributed by atoms with Gasteiger partial charge in [0.1, 0.15) is 5.84 Å². The predicted molar refractivity (Wildman–Crippen MR) is 243 cm³/mol.